The number of halogens is 1. The highest BCUT2D eigenvalue weighted by Crippen LogP contribution is 2.33. The van der Waals surface area contributed by atoms with Gasteiger partial charge in [-0.15, -0.1) is 0 Å². The summed E-state index contributed by atoms with van der Waals surface area (Å²) in [5, 5.41) is 7.61. The number of benzene rings is 1. The number of anilines is 1. The van der Waals surface area contributed by atoms with Crippen molar-refractivity contribution in [2.45, 2.75) is 25.9 Å². The fraction of sp³-hybridized carbons (Fsp3) is 0.364. The van der Waals surface area contributed by atoms with Gasteiger partial charge in [0, 0.05) is 43.1 Å². The van der Waals surface area contributed by atoms with Crippen molar-refractivity contribution < 1.29 is 4.74 Å². The number of hydrogen-bond acceptors (Lipinski definition) is 4. The molecule has 2 N–H and O–H groups in total. The maximum Gasteiger partial charge on any atom is 0.191 e. The van der Waals surface area contributed by atoms with Crippen LogP contribution in [0, 0.1) is 6.92 Å². The number of fused-ring (bicyclic) bond motifs is 1. The van der Waals surface area contributed by atoms with Crippen LogP contribution in [0.15, 0.2) is 47.6 Å². The van der Waals surface area contributed by atoms with Crippen LogP contribution in [0.1, 0.15) is 17.8 Å². The van der Waals surface area contributed by atoms with Crippen LogP contribution in [-0.2, 0) is 6.54 Å². The van der Waals surface area contributed by atoms with Gasteiger partial charge >= 0.3 is 0 Å². The Balaban J connectivity index is 1.36. The minimum Gasteiger partial charge on any atom is -0.495 e. The van der Waals surface area contributed by atoms with E-state index in [0.717, 1.165) is 53.9 Å². The number of aromatic nitrogens is 2. The molecule has 1 aliphatic heterocycles. The molecule has 0 amide bonds. The second-order valence-corrected chi connectivity index (χ2v) is 7.88. The smallest absolute Gasteiger partial charge is 0.191 e. The molecule has 3 aromatic rings. The SMILES string of the molecule is CN=C(NCc1cn2c(C)cccc2n1)NC1CCN(c2cc(Cl)ccc2OC)C1. The highest BCUT2D eigenvalue weighted by Gasteiger charge is 2.25. The number of methoxy groups -OCH3 is 1. The van der Waals surface area contributed by atoms with E-state index >= 15 is 0 Å². The molecule has 1 atom stereocenters. The maximum atomic E-state index is 6.20. The van der Waals surface area contributed by atoms with Crippen LogP contribution in [0.3, 0.4) is 0 Å². The van der Waals surface area contributed by atoms with Gasteiger partial charge in [-0.25, -0.2) is 4.98 Å². The molecule has 1 fully saturated rings. The van der Waals surface area contributed by atoms with E-state index < -0.39 is 0 Å². The zero-order valence-corrected chi connectivity index (χ0v) is 18.3. The van der Waals surface area contributed by atoms with Gasteiger partial charge < -0.3 is 24.7 Å². The zero-order chi connectivity index (χ0) is 21.1. The van der Waals surface area contributed by atoms with E-state index in [9.17, 15) is 0 Å². The van der Waals surface area contributed by atoms with Crippen LogP contribution in [0.4, 0.5) is 5.69 Å². The lowest BCUT2D eigenvalue weighted by molar-refractivity contribution is 0.415. The van der Waals surface area contributed by atoms with Gasteiger partial charge in [-0.05, 0) is 43.7 Å². The van der Waals surface area contributed by atoms with Crippen LogP contribution < -0.4 is 20.3 Å². The zero-order valence-electron chi connectivity index (χ0n) is 17.5. The summed E-state index contributed by atoms with van der Waals surface area (Å²) in [4.78, 5) is 11.3. The first-order valence-electron chi connectivity index (χ1n) is 10.1. The fourth-order valence-corrected chi connectivity index (χ4v) is 4.02. The fourth-order valence-electron chi connectivity index (χ4n) is 3.85. The van der Waals surface area contributed by atoms with E-state index in [1.807, 2.05) is 30.3 Å². The monoisotopic (exact) mass is 426 g/mol. The van der Waals surface area contributed by atoms with Gasteiger partial charge in [-0.3, -0.25) is 4.99 Å². The maximum absolute atomic E-state index is 6.20. The normalized spacial score (nSPS) is 16.9. The number of aliphatic imine (C=N–C) groups is 1. The Morgan fingerprint density at radius 2 is 2.20 bits per heavy atom. The number of rotatable bonds is 5. The summed E-state index contributed by atoms with van der Waals surface area (Å²) >= 11 is 6.20. The lowest BCUT2D eigenvalue weighted by Gasteiger charge is -2.22. The molecular weight excluding hydrogens is 400 g/mol. The molecule has 8 heteroatoms. The Morgan fingerprint density at radius 1 is 1.33 bits per heavy atom. The number of guanidine groups is 1. The lowest BCUT2D eigenvalue weighted by Crippen LogP contribution is -2.44. The second kappa shape index (κ2) is 8.83. The van der Waals surface area contributed by atoms with Gasteiger partial charge in [0.15, 0.2) is 5.96 Å². The Bertz CT molecular complexity index is 1060. The molecule has 0 radical (unpaired) electrons. The summed E-state index contributed by atoms with van der Waals surface area (Å²) in [5.41, 5.74) is 4.12. The highest BCUT2D eigenvalue weighted by molar-refractivity contribution is 6.30. The molecule has 3 heterocycles. The number of ether oxygens (including phenoxy) is 1. The van der Waals surface area contributed by atoms with Crippen LogP contribution >= 0.6 is 11.6 Å². The van der Waals surface area contributed by atoms with Crippen LogP contribution in [0.25, 0.3) is 5.65 Å². The Morgan fingerprint density at radius 3 is 2.97 bits per heavy atom. The van der Waals surface area contributed by atoms with Crippen molar-refractivity contribution >= 4 is 28.9 Å². The summed E-state index contributed by atoms with van der Waals surface area (Å²) in [6.07, 6.45) is 3.07. The highest BCUT2D eigenvalue weighted by atomic mass is 35.5. The van der Waals surface area contributed by atoms with E-state index in [2.05, 4.69) is 49.1 Å². The minimum absolute atomic E-state index is 0.281. The molecule has 2 aromatic heterocycles. The van der Waals surface area contributed by atoms with Crippen LogP contribution in [0.5, 0.6) is 5.75 Å². The van der Waals surface area contributed by atoms with Crippen molar-refractivity contribution in [2.24, 2.45) is 4.99 Å². The minimum atomic E-state index is 0.281. The molecule has 0 spiro atoms. The molecule has 0 aliphatic carbocycles. The average Bonchev–Trinajstić information content (AvgIpc) is 3.38. The van der Waals surface area contributed by atoms with E-state index in [4.69, 9.17) is 16.3 Å². The Kier molecular flexibility index (Phi) is 5.99. The Labute approximate surface area is 181 Å². The Hall–Kier alpha value is -2.93. The summed E-state index contributed by atoms with van der Waals surface area (Å²) in [7, 11) is 3.47. The van der Waals surface area contributed by atoms with E-state index in [1.54, 1.807) is 14.2 Å². The predicted molar refractivity (Wildman–Crippen MR) is 122 cm³/mol. The number of imidazole rings is 1. The first-order chi connectivity index (χ1) is 14.6. The third-order valence-corrected chi connectivity index (χ3v) is 5.65. The molecule has 158 valence electrons. The van der Waals surface area contributed by atoms with Crippen molar-refractivity contribution in [3.63, 3.8) is 0 Å². The molecule has 30 heavy (non-hydrogen) atoms. The largest absolute Gasteiger partial charge is 0.495 e. The van der Waals surface area contributed by atoms with Crippen molar-refractivity contribution in [2.75, 3.05) is 32.1 Å². The summed E-state index contributed by atoms with van der Waals surface area (Å²) < 4.78 is 7.60. The molecule has 4 rings (SSSR count). The van der Waals surface area contributed by atoms with Crippen molar-refractivity contribution in [3.05, 3.63) is 59.0 Å². The van der Waals surface area contributed by atoms with Crippen LogP contribution in [0.2, 0.25) is 5.02 Å². The van der Waals surface area contributed by atoms with Crippen molar-refractivity contribution in [3.8, 4) is 5.75 Å². The number of hydrogen-bond donors (Lipinski definition) is 2. The van der Waals surface area contributed by atoms with Crippen molar-refractivity contribution in [1.29, 1.82) is 0 Å². The predicted octanol–water partition coefficient (Wildman–Crippen LogP) is 3.25. The molecular formula is C22H27ClN6O. The first-order valence-corrected chi connectivity index (χ1v) is 10.4. The van der Waals surface area contributed by atoms with Crippen molar-refractivity contribution in [1.82, 2.24) is 20.0 Å². The molecule has 1 saturated heterocycles. The summed E-state index contributed by atoms with van der Waals surface area (Å²) in [5.74, 6) is 1.61. The topological polar surface area (TPSA) is 66.2 Å². The molecule has 1 aliphatic rings. The average molecular weight is 427 g/mol. The first kappa shape index (κ1) is 20.3. The van der Waals surface area contributed by atoms with Gasteiger partial charge in [-0.2, -0.15) is 0 Å². The van der Waals surface area contributed by atoms with Crippen LogP contribution in [-0.4, -0.2) is 48.6 Å². The number of pyridine rings is 1. The van der Waals surface area contributed by atoms with Gasteiger partial charge in [0.2, 0.25) is 0 Å². The van der Waals surface area contributed by atoms with E-state index in [0.29, 0.717) is 11.6 Å². The van der Waals surface area contributed by atoms with E-state index in [-0.39, 0.29) is 6.04 Å². The quantitative estimate of drug-likeness (QED) is 0.484. The third kappa shape index (κ3) is 4.31. The third-order valence-electron chi connectivity index (χ3n) is 5.42. The standard InChI is InChI=1S/C22H27ClN6O/c1-15-5-4-6-21-26-18(14-29(15)21)12-25-22(24-2)27-17-9-10-28(13-17)19-11-16(23)7-8-20(19)30-3/h4-8,11,14,17H,9-10,12-13H2,1-3H3,(H2,24,25,27). The lowest BCUT2D eigenvalue weighted by atomic mass is 10.2. The molecule has 0 bridgehead atoms. The molecule has 0 saturated carbocycles. The number of nitrogens with zero attached hydrogens (tertiary/aromatic N) is 4. The van der Waals surface area contributed by atoms with Gasteiger partial charge in [0.05, 0.1) is 25.0 Å². The molecule has 1 unspecified atom stereocenters. The molecule has 7 nitrogen and oxygen atoms in total. The van der Waals surface area contributed by atoms with Gasteiger partial charge in [0.25, 0.3) is 0 Å². The number of nitrogens with one attached hydrogen (secondary N) is 2. The summed E-state index contributed by atoms with van der Waals surface area (Å²) in [6.45, 7) is 4.47. The molecule has 1 aromatic carbocycles. The summed E-state index contributed by atoms with van der Waals surface area (Å²) in [6, 6.07) is 12.1. The second-order valence-electron chi connectivity index (χ2n) is 7.45. The number of aryl methyl sites for hydroxylation is 1. The van der Waals surface area contributed by atoms with Gasteiger partial charge in [0.1, 0.15) is 11.4 Å². The van der Waals surface area contributed by atoms with E-state index in [1.165, 1.54) is 0 Å². The van der Waals surface area contributed by atoms with Gasteiger partial charge in [-0.1, -0.05) is 17.7 Å².